The number of nitrogens with one attached hydrogen (secondary N) is 1. The molecule has 0 saturated heterocycles. The fourth-order valence-corrected chi connectivity index (χ4v) is 3.00. The van der Waals surface area contributed by atoms with Crippen molar-refractivity contribution in [2.24, 2.45) is 19.2 Å². The third kappa shape index (κ3) is 3.30. The molecule has 148 valence electrons. The quantitative estimate of drug-likeness (QED) is 0.515. The van der Waals surface area contributed by atoms with Gasteiger partial charge in [-0.2, -0.15) is 10.1 Å². The van der Waals surface area contributed by atoms with Crippen LogP contribution in [-0.4, -0.2) is 31.5 Å². The number of aryl methyl sites for hydroxylation is 2. The molecule has 0 spiro atoms. The van der Waals surface area contributed by atoms with Crippen LogP contribution in [0.25, 0.3) is 11.2 Å². The Balaban J connectivity index is 2.06. The van der Waals surface area contributed by atoms with Crippen molar-refractivity contribution >= 4 is 22.8 Å². The molecular weight excluding hydrogens is 360 g/mol. The topological polar surface area (TPSA) is 95.4 Å². The highest BCUT2D eigenvalue weighted by molar-refractivity contribution is 5.99. The van der Waals surface area contributed by atoms with Crippen molar-refractivity contribution in [3.63, 3.8) is 0 Å². The Morgan fingerprint density at radius 3 is 2.46 bits per heavy atom. The summed E-state index contributed by atoms with van der Waals surface area (Å²) in [6.45, 7) is 4.45. The third-order valence-electron chi connectivity index (χ3n) is 4.63. The van der Waals surface area contributed by atoms with E-state index >= 15 is 0 Å². The van der Waals surface area contributed by atoms with Crippen molar-refractivity contribution in [1.29, 1.82) is 0 Å². The predicted octanol–water partition coefficient (Wildman–Crippen LogP) is 1.69. The molecule has 1 N–H and O–H groups in total. The molecular formula is C19H24N6O3. The molecule has 9 heteroatoms. The summed E-state index contributed by atoms with van der Waals surface area (Å²) in [7, 11) is 4.68. The molecule has 3 aromatic rings. The average Bonchev–Trinajstić information content (AvgIpc) is 3.07. The molecule has 0 amide bonds. The first-order valence-electron chi connectivity index (χ1n) is 9.00. The Hall–Kier alpha value is -3.36. The monoisotopic (exact) mass is 384 g/mol. The van der Waals surface area contributed by atoms with E-state index < -0.39 is 5.69 Å². The standard InChI is InChI=1S/C19H24N6O3/c1-6-11-25-15-16(23(3)19(27)24(4)17(15)26)20-18(25)22-21-12(2)13-7-9-14(28-5)10-8-13/h7-10H,6,11H2,1-5H3,(H,20,22)/b21-12-. The van der Waals surface area contributed by atoms with E-state index in [1.165, 1.54) is 11.6 Å². The number of hydrazone groups is 1. The number of rotatable bonds is 6. The van der Waals surface area contributed by atoms with Gasteiger partial charge in [0.1, 0.15) is 5.75 Å². The first kappa shape index (κ1) is 19.4. The Morgan fingerprint density at radius 1 is 1.18 bits per heavy atom. The second-order valence-corrected chi connectivity index (χ2v) is 6.50. The van der Waals surface area contributed by atoms with Gasteiger partial charge in [0.25, 0.3) is 5.56 Å². The molecule has 0 aliphatic heterocycles. The van der Waals surface area contributed by atoms with Crippen LogP contribution in [0.15, 0.2) is 39.0 Å². The molecule has 2 aromatic heterocycles. The maximum Gasteiger partial charge on any atom is 0.332 e. The Labute approximate surface area is 161 Å². The van der Waals surface area contributed by atoms with Crippen LogP contribution < -0.4 is 21.4 Å². The fraction of sp³-hybridized carbons (Fsp3) is 0.368. The molecule has 0 radical (unpaired) electrons. The lowest BCUT2D eigenvalue weighted by molar-refractivity contribution is 0.415. The van der Waals surface area contributed by atoms with E-state index in [9.17, 15) is 9.59 Å². The van der Waals surface area contributed by atoms with Gasteiger partial charge in [-0.25, -0.2) is 10.2 Å². The molecule has 9 nitrogen and oxygen atoms in total. The van der Waals surface area contributed by atoms with Crippen LogP contribution in [0.3, 0.4) is 0 Å². The van der Waals surface area contributed by atoms with Crippen LogP contribution in [0, 0.1) is 0 Å². The summed E-state index contributed by atoms with van der Waals surface area (Å²) in [6.07, 6.45) is 0.799. The zero-order chi connectivity index (χ0) is 20.4. The number of benzene rings is 1. The van der Waals surface area contributed by atoms with Crippen molar-refractivity contribution in [2.45, 2.75) is 26.8 Å². The van der Waals surface area contributed by atoms with Crippen molar-refractivity contribution in [2.75, 3.05) is 12.5 Å². The Morgan fingerprint density at radius 2 is 1.86 bits per heavy atom. The van der Waals surface area contributed by atoms with Crippen molar-refractivity contribution in [3.8, 4) is 5.75 Å². The lowest BCUT2D eigenvalue weighted by Gasteiger charge is -2.08. The van der Waals surface area contributed by atoms with Gasteiger partial charge in [0.15, 0.2) is 11.2 Å². The predicted molar refractivity (Wildman–Crippen MR) is 109 cm³/mol. The SMILES string of the molecule is CCCn1c(N/N=C(/C)c2ccc(OC)cc2)nc2c1c(=O)n(C)c(=O)n2C. The van der Waals surface area contributed by atoms with E-state index in [1.54, 1.807) is 18.7 Å². The number of anilines is 1. The lowest BCUT2D eigenvalue weighted by Crippen LogP contribution is -2.37. The molecule has 0 atom stereocenters. The highest BCUT2D eigenvalue weighted by Crippen LogP contribution is 2.17. The number of fused-ring (bicyclic) bond motifs is 1. The maximum absolute atomic E-state index is 12.6. The van der Waals surface area contributed by atoms with Crippen molar-refractivity contribution < 1.29 is 4.74 Å². The minimum atomic E-state index is -0.414. The maximum atomic E-state index is 12.6. The van der Waals surface area contributed by atoms with E-state index in [1.807, 2.05) is 38.1 Å². The van der Waals surface area contributed by atoms with Crippen LogP contribution in [0.5, 0.6) is 5.75 Å². The highest BCUT2D eigenvalue weighted by atomic mass is 16.5. The zero-order valence-electron chi connectivity index (χ0n) is 16.7. The van der Waals surface area contributed by atoms with Gasteiger partial charge in [0.2, 0.25) is 5.95 Å². The average molecular weight is 384 g/mol. The van der Waals surface area contributed by atoms with Gasteiger partial charge in [0, 0.05) is 20.6 Å². The van der Waals surface area contributed by atoms with Crippen LogP contribution in [0.2, 0.25) is 0 Å². The van der Waals surface area contributed by atoms with Gasteiger partial charge in [-0.1, -0.05) is 6.92 Å². The summed E-state index contributed by atoms with van der Waals surface area (Å²) in [5, 5.41) is 4.41. The van der Waals surface area contributed by atoms with E-state index in [4.69, 9.17) is 4.74 Å². The smallest absolute Gasteiger partial charge is 0.332 e. The molecule has 0 fully saturated rings. The van der Waals surface area contributed by atoms with Gasteiger partial charge in [-0.3, -0.25) is 13.9 Å². The second-order valence-electron chi connectivity index (χ2n) is 6.50. The van der Waals surface area contributed by atoms with E-state index in [0.717, 1.165) is 28.0 Å². The third-order valence-corrected chi connectivity index (χ3v) is 4.63. The van der Waals surface area contributed by atoms with Gasteiger partial charge in [-0.05, 0) is 43.2 Å². The molecule has 0 aliphatic carbocycles. The Kier molecular flexibility index (Phi) is 5.34. The van der Waals surface area contributed by atoms with Gasteiger partial charge < -0.3 is 9.30 Å². The molecule has 0 aliphatic rings. The van der Waals surface area contributed by atoms with Crippen LogP contribution in [0.1, 0.15) is 25.8 Å². The number of imidazole rings is 1. The van der Waals surface area contributed by atoms with Crippen molar-refractivity contribution in [1.82, 2.24) is 18.7 Å². The summed E-state index contributed by atoms with van der Waals surface area (Å²) in [5.41, 5.74) is 4.56. The number of hydrogen-bond donors (Lipinski definition) is 1. The first-order chi connectivity index (χ1) is 13.4. The summed E-state index contributed by atoms with van der Waals surface area (Å²) in [6, 6.07) is 7.54. The number of aromatic nitrogens is 4. The zero-order valence-corrected chi connectivity index (χ0v) is 16.7. The summed E-state index contributed by atoms with van der Waals surface area (Å²) >= 11 is 0. The summed E-state index contributed by atoms with van der Waals surface area (Å²) < 4.78 is 9.39. The van der Waals surface area contributed by atoms with E-state index in [2.05, 4.69) is 15.5 Å². The number of nitrogens with zero attached hydrogens (tertiary/aromatic N) is 5. The van der Waals surface area contributed by atoms with Crippen LogP contribution in [-0.2, 0) is 20.6 Å². The molecule has 2 heterocycles. The Bertz CT molecular complexity index is 1150. The van der Waals surface area contributed by atoms with Crippen LogP contribution >= 0.6 is 0 Å². The molecule has 28 heavy (non-hydrogen) atoms. The molecule has 0 unspecified atom stereocenters. The van der Waals surface area contributed by atoms with E-state index in [-0.39, 0.29) is 5.56 Å². The highest BCUT2D eigenvalue weighted by Gasteiger charge is 2.18. The molecule has 3 rings (SSSR count). The first-order valence-corrected chi connectivity index (χ1v) is 9.00. The largest absolute Gasteiger partial charge is 0.497 e. The van der Waals surface area contributed by atoms with Crippen LogP contribution in [0.4, 0.5) is 5.95 Å². The van der Waals surface area contributed by atoms with Crippen molar-refractivity contribution in [3.05, 3.63) is 50.7 Å². The fourth-order valence-electron chi connectivity index (χ4n) is 3.00. The summed E-state index contributed by atoms with van der Waals surface area (Å²) in [5.74, 6) is 1.19. The number of ether oxygens (including phenoxy) is 1. The second kappa shape index (κ2) is 7.71. The van der Waals surface area contributed by atoms with E-state index in [0.29, 0.717) is 23.7 Å². The number of methoxy groups -OCH3 is 1. The normalized spacial score (nSPS) is 11.8. The summed E-state index contributed by atoms with van der Waals surface area (Å²) in [4.78, 5) is 29.3. The van der Waals surface area contributed by atoms with Gasteiger partial charge >= 0.3 is 5.69 Å². The molecule has 0 bridgehead atoms. The lowest BCUT2D eigenvalue weighted by atomic mass is 10.1. The number of hydrogen-bond acceptors (Lipinski definition) is 6. The molecule has 0 saturated carbocycles. The van der Waals surface area contributed by atoms with Gasteiger partial charge in [0.05, 0.1) is 12.8 Å². The molecule has 1 aromatic carbocycles. The van der Waals surface area contributed by atoms with Gasteiger partial charge in [-0.15, -0.1) is 0 Å². The minimum absolute atomic E-state index is 0.335. The minimum Gasteiger partial charge on any atom is -0.497 e.